The summed E-state index contributed by atoms with van der Waals surface area (Å²) in [6.45, 7) is 0.383. The molecule has 1 aromatic carbocycles. The Balaban J connectivity index is 1.94. The van der Waals surface area contributed by atoms with Crippen molar-refractivity contribution in [3.8, 4) is 0 Å². The van der Waals surface area contributed by atoms with Crippen molar-refractivity contribution in [2.24, 2.45) is 10.9 Å². The number of anilines is 1. The topological polar surface area (TPSA) is 91.0 Å². The van der Waals surface area contributed by atoms with Gasteiger partial charge in [-0.15, -0.1) is 0 Å². The van der Waals surface area contributed by atoms with Crippen LogP contribution in [0.2, 0.25) is 0 Å². The number of hydrogen-bond acceptors (Lipinski definition) is 3. The molecule has 0 spiro atoms. The highest BCUT2D eigenvalue weighted by Gasteiger charge is 2.32. The van der Waals surface area contributed by atoms with Crippen LogP contribution in [0.5, 0.6) is 0 Å². The van der Waals surface area contributed by atoms with Crippen molar-refractivity contribution in [1.82, 2.24) is 4.90 Å². The molecule has 4 N–H and O–H groups in total. The molecule has 2 rings (SSSR count). The predicted molar refractivity (Wildman–Crippen MR) is 73.2 cm³/mol. The number of benzene rings is 1. The number of urea groups is 1. The molecule has 7 heteroatoms. The highest BCUT2D eigenvalue weighted by Crippen LogP contribution is 2.27. The SMILES string of the molecule is NC(CCN(C(=O)Nc1ccc(F)cc1)C1CC1)=NO. The molecule has 1 saturated carbocycles. The number of nitrogens with zero attached hydrogens (tertiary/aromatic N) is 2. The Labute approximate surface area is 116 Å². The van der Waals surface area contributed by atoms with Gasteiger partial charge >= 0.3 is 6.03 Å². The summed E-state index contributed by atoms with van der Waals surface area (Å²) in [4.78, 5) is 13.8. The molecule has 1 aromatic rings. The van der Waals surface area contributed by atoms with Gasteiger partial charge in [0.2, 0.25) is 0 Å². The van der Waals surface area contributed by atoms with Crippen LogP contribution in [0, 0.1) is 5.82 Å². The van der Waals surface area contributed by atoms with Gasteiger partial charge in [0.1, 0.15) is 11.7 Å². The smallest absolute Gasteiger partial charge is 0.322 e. The third kappa shape index (κ3) is 3.84. The Morgan fingerprint density at radius 2 is 2.10 bits per heavy atom. The normalized spacial score (nSPS) is 14.9. The Hall–Kier alpha value is -2.31. The fourth-order valence-corrected chi connectivity index (χ4v) is 1.85. The molecule has 20 heavy (non-hydrogen) atoms. The van der Waals surface area contributed by atoms with E-state index in [0.29, 0.717) is 18.7 Å². The number of amides is 2. The number of oxime groups is 1. The van der Waals surface area contributed by atoms with Gasteiger partial charge in [-0.2, -0.15) is 0 Å². The van der Waals surface area contributed by atoms with E-state index in [-0.39, 0.29) is 23.7 Å². The minimum atomic E-state index is -0.353. The molecule has 0 aromatic heterocycles. The average Bonchev–Trinajstić information content (AvgIpc) is 3.26. The predicted octanol–water partition coefficient (Wildman–Crippen LogP) is 1.96. The van der Waals surface area contributed by atoms with Crippen LogP contribution in [0.3, 0.4) is 0 Å². The molecule has 0 heterocycles. The average molecular weight is 280 g/mol. The molecule has 108 valence electrons. The van der Waals surface area contributed by atoms with Crippen LogP contribution in [0.1, 0.15) is 19.3 Å². The summed E-state index contributed by atoms with van der Waals surface area (Å²) < 4.78 is 12.8. The molecule has 1 aliphatic rings. The van der Waals surface area contributed by atoms with Crippen molar-refractivity contribution in [1.29, 1.82) is 0 Å². The maximum atomic E-state index is 12.8. The first-order chi connectivity index (χ1) is 9.60. The maximum absolute atomic E-state index is 12.8. The van der Waals surface area contributed by atoms with Gasteiger partial charge < -0.3 is 21.2 Å². The summed E-state index contributed by atoms with van der Waals surface area (Å²) in [6.07, 6.45) is 2.21. The molecule has 0 radical (unpaired) electrons. The van der Waals surface area contributed by atoms with Crippen molar-refractivity contribution >= 4 is 17.6 Å². The minimum absolute atomic E-state index is 0.0882. The lowest BCUT2D eigenvalue weighted by molar-refractivity contribution is 0.210. The summed E-state index contributed by atoms with van der Waals surface area (Å²) in [6, 6.07) is 5.51. The van der Waals surface area contributed by atoms with E-state index in [9.17, 15) is 9.18 Å². The zero-order chi connectivity index (χ0) is 14.5. The van der Waals surface area contributed by atoms with E-state index in [1.54, 1.807) is 4.90 Å². The zero-order valence-electron chi connectivity index (χ0n) is 10.9. The molecule has 2 amide bonds. The monoisotopic (exact) mass is 280 g/mol. The number of halogens is 1. The first kappa shape index (κ1) is 14.1. The zero-order valence-corrected chi connectivity index (χ0v) is 10.9. The van der Waals surface area contributed by atoms with Crippen molar-refractivity contribution in [2.45, 2.75) is 25.3 Å². The number of carbonyl (C=O) groups is 1. The number of hydrogen-bond donors (Lipinski definition) is 3. The highest BCUT2D eigenvalue weighted by molar-refractivity contribution is 5.90. The fourth-order valence-electron chi connectivity index (χ4n) is 1.85. The van der Waals surface area contributed by atoms with E-state index in [0.717, 1.165) is 12.8 Å². The van der Waals surface area contributed by atoms with Crippen LogP contribution in [-0.2, 0) is 0 Å². The standard InChI is InChI=1S/C13H17FN4O2/c14-9-1-3-10(4-2-9)16-13(19)18(11-5-6-11)8-7-12(15)17-20/h1-4,11,20H,5-8H2,(H2,15,17)(H,16,19). The van der Waals surface area contributed by atoms with Crippen LogP contribution in [-0.4, -0.2) is 34.6 Å². The van der Waals surface area contributed by atoms with Gasteiger partial charge in [-0.05, 0) is 37.1 Å². The van der Waals surface area contributed by atoms with E-state index < -0.39 is 0 Å². The largest absolute Gasteiger partial charge is 0.409 e. The van der Waals surface area contributed by atoms with Gasteiger partial charge in [0.25, 0.3) is 0 Å². The number of carbonyl (C=O) groups excluding carboxylic acids is 1. The first-order valence-electron chi connectivity index (χ1n) is 6.39. The fraction of sp³-hybridized carbons (Fsp3) is 0.385. The Bertz CT molecular complexity index is 500. The lowest BCUT2D eigenvalue weighted by Gasteiger charge is -2.22. The van der Waals surface area contributed by atoms with Gasteiger partial charge in [-0.1, -0.05) is 5.16 Å². The lowest BCUT2D eigenvalue weighted by Crippen LogP contribution is -2.38. The van der Waals surface area contributed by atoms with Crippen molar-refractivity contribution in [3.05, 3.63) is 30.1 Å². The molecule has 0 saturated heterocycles. The van der Waals surface area contributed by atoms with Gasteiger partial charge in [0.05, 0.1) is 0 Å². The van der Waals surface area contributed by atoms with E-state index >= 15 is 0 Å². The third-order valence-electron chi connectivity index (χ3n) is 3.08. The molecule has 0 unspecified atom stereocenters. The van der Waals surface area contributed by atoms with Crippen LogP contribution >= 0.6 is 0 Å². The Morgan fingerprint density at radius 3 is 2.65 bits per heavy atom. The van der Waals surface area contributed by atoms with Gasteiger partial charge in [-0.3, -0.25) is 0 Å². The van der Waals surface area contributed by atoms with Crippen LogP contribution < -0.4 is 11.1 Å². The van der Waals surface area contributed by atoms with Gasteiger partial charge in [-0.25, -0.2) is 9.18 Å². The first-order valence-corrected chi connectivity index (χ1v) is 6.39. The quantitative estimate of drug-likeness (QED) is 0.333. The molecular weight excluding hydrogens is 263 g/mol. The number of rotatable bonds is 5. The number of amidine groups is 1. The number of nitrogens with two attached hydrogens (primary N) is 1. The van der Waals surface area contributed by atoms with E-state index in [4.69, 9.17) is 10.9 Å². The maximum Gasteiger partial charge on any atom is 0.322 e. The van der Waals surface area contributed by atoms with Crippen LogP contribution in [0.4, 0.5) is 14.9 Å². The second kappa shape index (κ2) is 6.23. The summed E-state index contributed by atoms with van der Waals surface area (Å²) in [5, 5.41) is 14.1. The van der Waals surface area contributed by atoms with E-state index in [1.165, 1.54) is 24.3 Å². The van der Waals surface area contributed by atoms with E-state index in [2.05, 4.69) is 10.5 Å². The second-order valence-corrected chi connectivity index (χ2v) is 4.70. The summed E-state index contributed by atoms with van der Waals surface area (Å²) in [7, 11) is 0. The van der Waals surface area contributed by atoms with Crippen LogP contribution in [0.15, 0.2) is 29.4 Å². The molecular formula is C13H17FN4O2. The van der Waals surface area contributed by atoms with Crippen molar-refractivity contribution in [3.63, 3.8) is 0 Å². The molecule has 0 atom stereocenters. The number of nitrogens with one attached hydrogen (secondary N) is 1. The molecule has 6 nitrogen and oxygen atoms in total. The summed E-state index contributed by atoms with van der Waals surface area (Å²) in [5.41, 5.74) is 5.94. The van der Waals surface area contributed by atoms with Gasteiger partial charge in [0.15, 0.2) is 0 Å². The van der Waals surface area contributed by atoms with E-state index in [1.807, 2.05) is 0 Å². The highest BCUT2D eigenvalue weighted by atomic mass is 19.1. The second-order valence-electron chi connectivity index (χ2n) is 4.70. The third-order valence-corrected chi connectivity index (χ3v) is 3.08. The Kier molecular flexibility index (Phi) is 4.39. The molecule has 0 aliphatic heterocycles. The Morgan fingerprint density at radius 1 is 1.45 bits per heavy atom. The molecule has 1 aliphatic carbocycles. The summed E-state index contributed by atoms with van der Waals surface area (Å²) in [5.74, 6) is -0.265. The van der Waals surface area contributed by atoms with Crippen molar-refractivity contribution in [2.75, 3.05) is 11.9 Å². The van der Waals surface area contributed by atoms with Crippen molar-refractivity contribution < 1.29 is 14.4 Å². The molecule has 1 fully saturated rings. The molecule has 0 bridgehead atoms. The van der Waals surface area contributed by atoms with Gasteiger partial charge in [0, 0.05) is 24.7 Å². The minimum Gasteiger partial charge on any atom is -0.409 e. The lowest BCUT2D eigenvalue weighted by atomic mass is 10.3. The summed E-state index contributed by atoms with van der Waals surface area (Å²) >= 11 is 0. The van der Waals surface area contributed by atoms with Crippen LogP contribution in [0.25, 0.3) is 0 Å².